The lowest BCUT2D eigenvalue weighted by Crippen LogP contribution is -2.52. The second-order valence-corrected chi connectivity index (χ2v) is 13.6. The van der Waals surface area contributed by atoms with Crippen molar-refractivity contribution in [2.24, 2.45) is 0 Å². The predicted octanol–water partition coefficient (Wildman–Crippen LogP) is 5.62. The Morgan fingerprint density at radius 3 is 2.37 bits per heavy atom. The molecule has 5 rings (SSSR count). The van der Waals surface area contributed by atoms with Gasteiger partial charge < -0.3 is 10.2 Å². The zero-order chi connectivity index (χ0) is 30.6. The van der Waals surface area contributed by atoms with E-state index < -0.39 is 22.0 Å². The maximum Gasteiger partial charge on any atom is 0.269 e. The number of hydrogen-bond acceptors (Lipinski definition) is 5. The van der Waals surface area contributed by atoms with E-state index in [1.54, 1.807) is 30.3 Å². The Balaban J connectivity index is 1.39. The number of nitrogens with one attached hydrogen (secondary N) is 1. The van der Waals surface area contributed by atoms with Crippen LogP contribution in [0.4, 0.5) is 0 Å². The van der Waals surface area contributed by atoms with E-state index in [1.165, 1.54) is 17.0 Å². The highest BCUT2D eigenvalue weighted by atomic mass is 35.5. The Morgan fingerprint density at radius 1 is 0.977 bits per heavy atom. The van der Waals surface area contributed by atoms with Gasteiger partial charge in [-0.25, -0.2) is 12.7 Å². The molecular weight excluding hydrogens is 609 g/mol. The van der Waals surface area contributed by atoms with Gasteiger partial charge in [-0.1, -0.05) is 84.6 Å². The largest absolute Gasteiger partial charge is 0.352 e. The highest BCUT2D eigenvalue weighted by Crippen LogP contribution is 2.30. The molecule has 0 aromatic heterocycles. The van der Waals surface area contributed by atoms with Crippen molar-refractivity contribution in [1.82, 2.24) is 14.5 Å². The number of hydrogen-bond donors (Lipinski definition) is 1. The molecule has 0 saturated heterocycles. The van der Waals surface area contributed by atoms with Crippen LogP contribution >= 0.6 is 23.2 Å². The summed E-state index contributed by atoms with van der Waals surface area (Å²) in [6, 6.07) is 19.8. The van der Waals surface area contributed by atoms with Gasteiger partial charge in [-0.15, -0.1) is 0 Å². The van der Waals surface area contributed by atoms with Crippen molar-refractivity contribution in [3.8, 4) is 0 Å². The second-order valence-electron chi connectivity index (χ2n) is 10.9. The van der Waals surface area contributed by atoms with Gasteiger partial charge in [0.1, 0.15) is 10.9 Å². The zero-order valence-corrected chi connectivity index (χ0v) is 25.9. The molecule has 3 aromatic rings. The van der Waals surface area contributed by atoms with Crippen molar-refractivity contribution in [2.75, 3.05) is 6.54 Å². The standard InChI is InChI=1S/C32H33Cl2N3O5S/c33-24-17-16-23(27(34)20-24)21-36(28(19-22-9-2-1-3-10-22)31(39)35-25-11-4-5-12-25)30(38)15-8-18-37-32(40)26-13-6-7-14-29(26)43(37,41)42/h1-3,6-7,9-10,13-14,16-17,20,25,28H,4-5,8,11-12,15,18-19,21H2,(H,35,39). The number of benzene rings is 3. The van der Waals surface area contributed by atoms with Gasteiger partial charge in [0, 0.05) is 42.0 Å². The fourth-order valence-electron chi connectivity index (χ4n) is 5.72. The van der Waals surface area contributed by atoms with E-state index >= 15 is 0 Å². The Kier molecular flexibility index (Phi) is 9.74. The number of amides is 3. The summed E-state index contributed by atoms with van der Waals surface area (Å²) in [5.74, 6) is -1.21. The molecule has 1 unspecified atom stereocenters. The quantitative estimate of drug-likeness (QED) is 0.293. The molecule has 1 heterocycles. The smallest absolute Gasteiger partial charge is 0.269 e. The summed E-state index contributed by atoms with van der Waals surface area (Å²) >= 11 is 12.6. The normalized spacial score (nSPS) is 16.6. The zero-order valence-electron chi connectivity index (χ0n) is 23.5. The molecule has 1 N–H and O–H groups in total. The Morgan fingerprint density at radius 2 is 1.67 bits per heavy atom. The third-order valence-electron chi connectivity index (χ3n) is 7.99. The van der Waals surface area contributed by atoms with Crippen molar-refractivity contribution >= 4 is 50.9 Å². The molecular formula is C32H33Cl2N3O5S. The molecule has 8 nitrogen and oxygen atoms in total. The van der Waals surface area contributed by atoms with Gasteiger partial charge in [0.2, 0.25) is 11.8 Å². The molecule has 226 valence electrons. The van der Waals surface area contributed by atoms with E-state index in [0.717, 1.165) is 35.6 Å². The van der Waals surface area contributed by atoms with Crippen LogP contribution < -0.4 is 5.32 Å². The molecule has 1 saturated carbocycles. The topological polar surface area (TPSA) is 104 Å². The summed E-state index contributed by atoms with van der Waals surface area (Å²) in [4.78, 5) is 42.1. The van der Waals surface area contributed by atoms with Crippen LogP contribution in [0.5, 0.6) is 0 Å². The van der Waals surface area contributed by atoms with E-state index in [-0.39, 0.29) is 60.7 Å². The molecule has 0 bridgehead atoms. The van der Waals surface area contributed by atoms with Crippen LogP contribution in [0.1, 0.15) is 60.0 Å². The number of fused-ring (bicyclic) bond motifs is 1. The summed E-state index contributed by atoms with van der Waals surface area (Å²) in [6.07, 6.45) is 4.15. The average molecular weight is 643 g/mol. The molecule has 3 aromatic carbocycles. The first-order valence-corrected chi connectivity index (χ1v) is 16.6. The van der Waals surface area contributed by atoms with Crippen LogP contribution in [0.25, 0.3) is 0 Å². The fraction of sp³-hybridized carbons (Fsp3) is 0.344. The van der Waals surface area contributed by atoms with Gasteiger partial charge in [-0.05, 0) is 54.7 Å². The van der Waals surface area contributed by atoms with Gasteiger partial charge in [-0.3, -0.25) is 14.4 Å². The molecule has 2 aliphatic rings. The Hall–Kier alpha value is -3.40. The minimum atomic E-state index is -3.99. The van der Waals surface area contributed by atoms with E-state index in [0.29, 0.717) is 15.6 Å². The number of carbonyl (C=O) groups excluding carboxylic acids is 3. The molecule has 11 heteroatoms. The highest BCUT2D eigenvalue weighted by Gasteiger charge is 2.40. The summed E-state index contributed by atoms with van der Waals surface area (Å²) in [5, 5.41) is 3.97. The second kappa shape index (κ2) is 13.5. The number of halogens is 2. The Bertz CT molecular complexity index is 1610. The molecule has 1 aliphatic heterocycles. The van der Waals surface area contributed by atoms with Crippen LogP contribution in [0.3, 0.4) is 0 Å². The maximum atomic E-state index is 14.0. The van der Waals surface area contributed by atoms with E-state index in [2.05, 4.69) is 5.32 Å². The Labute approximate surface area is 262 Å². The van der Waals surface area contributed by atoms with Crippen molar-refractivity contribution < 1.29 is 22.8 Å². The van der Waals surface area contributed by atoms with E-state index in [9.17, 15) is 22.8 Å². The van der Waals surface area contributed by atoms with Crippen LogP contribution in [-0.2, 0) is 32.6 Å². The summed E-state index contributed by atoms with van der Waals surface area (Å²) < 4.78 is 26.8. The maximum absolute atomic E-state index is 14.0. The van der Waals surface area contributed by atoms with Crippen LogP contribution in [0.15, 0.2) is 77.7 Å². The van der Waals surface area contributed by atoms with Gasteiger partial charge in [0.25, 0.3) is 15.9 Å². The number of rotatable bonds is 11. The van der Waals surface area contributed by atoms with Crippen molar-refractivity contribution in [2.45, 2.75) is 68.5 Å². The molecule has 0 spiro atoms. The van der Waals surface area contributed by atoms with Crippen molar-refractivity contribution in [3.63, 3.8) is 0 Å². The third kappa shape index (κ3) is 7.06. The molecule has 43 heavy (non-hydrogen) atoms. The van der Waals surface area contributed by atoms with Gasteiger partial charge >= 0.3 is 0 Å². The lowest BCUT2D eigenvalue weighted by molar-refractivity contribution is -0.141. The van der Waals surface area contributed by atoms with Gasteiger partial charge in [0.15, 0.2) is 0 Å². The first-order valence-electron chi connectivity index (χ1n) is 14.4. The van der Waals surface area contributed by atoms with E-state index in [1.807, 2.05) is 30.3 Å². The molecule has 1 fully saturated rings. The van der Waals surface area contributed by atoms with Crippen molar-refractivity contribution in [3.05, 3.63) is 99.5 Å². The number of sulfonamides is 1. The summed E-state index contributed by atoms with van der Waals surface area (Å²) in [7, 11) is -3.99. The SMILES string of the molecule is O=C(NC1CCCC1)C(Cc1ccccc1)N(Cc1ccc(Cl)cc1Cl)C(=O)CCCN1C(=O)c2ccccc2S1(=O)=O. The molecule has 1 atom stereocenters. The van der Waals surface area contributed by atoms with Gasteiger partial charge in [-0.2, -0.15) is 0 Å². The number of nitrogens with zero attached hydrogens (tertiary/aromatic N) is 2. The van der Waals surface area contributed by atoms with Crippen LogP contribution in [0.2, 0.25) is 10.0 Å². The van der Waals surface area contributed by atoms with Crippen LogP contribution in [-0.4, -0.2) is 54.0 Å². The minimum absolute atomic E-state index is 0.0307. The molecule has 1 aliphatic carbocycles. The number of carbonyl (C=O) groups is 3. The molecule has 3 amide bonds. The first-order chi connectivity index (χ1) is 20.6. The lowest BCUT2D eigenvalue weighted by Gasteiger charge is -2.33. The van der Waals surface area contributed by atoms with Crippen LogP contribution in [0, 0.1) is 0 Å². The average Bonchev–Trinajstić information content (AvgIpc) is 3.57. The lowest BCUT2D eigenvalue weighted by atomic mass is 10.0. The summed E-state index contributed by atoms with van der Waals surface area (Å²) in [6.45, 7) is -0.106. The predicted molar refractivity (Wildman–Crippen MR) is 165 cm³/mol. The fourth-order valence-corrected chi connectivity index (χ4v) is 7.80. The van der Waals surface area contributed by atoms with Crippen molar-refractivity contribution in [1.29, 1.82) is 0 Å². The van der Waals surface area contributed by atoms with E-state index in [4.69, 9.17) is 23.2 Å². The third-order valence-corrected chi connectivity index (χ3v) is 10.4. The summed E-state index contributed by atoms with van der Waals surface area (Å²) in [5.41, 5.74) is 1.64. The molecule has 0 radical (unpaired) electrons. The highest BCUT2D eigenvalue weighted by molar-refractivity contribution is 7.90. The monoisotopic (exact) mass is 641 g/mol. The van der Waals surface area contributed by atoms with Gasteiger partial charge in [0.05, 0.1) is 5.56 Å². The minimum Gasteiger partial charge on any atom is -0.352 e. The first kappa shape index (κ1) is 31.0.